The van der Waals surface area contributed by atoms with E-state index in [1.165, 1.54) is 22.6 Å². The lowest BCUT2D eigenvalue weighted by atomic mass is 9.99. The molecule has 1 aromatic heterocycles. The average Bonchev–Trinajstić information content (AvgIpc) is 3.42. The number of alkyl halides is 3. The molecule has 37 heavy (non-hydrogen) atoms. The molecule has 2 aliphatic heterocycles. The predicted molar refractivity (Wildman–Crippen MR) is 133 cm³/mol. The maximum absolute atomic E-state index is 13.4. The van der Waals surface area contributed by atoms with Crippen molar-refractivity contribution in [2.24, 2.45) is 0 Å². The number of ether oxygens (including phenoxy) is 1. The van der Waals surface area contributed by atoms with Gasteiger partial charge in [-0.25, -0.2) is 9.78 Å². The van der Waals surface area contributed by atoms with Crippen LogP contribution in [0.5, 0.6) is 0 Å². The number of anilines is 1. The number of rotatable bonds is 8. The molecule has 1 aromatic carbocycles. The quantitative estimate of drug-likeness (QED) is 0.486. The number of aromatic nitrogens is 1. The van der Waals surface area contributed by atoms with E-state index >= 15 is 0 Å². The third-order valence-electron chi connectivity index (χ3n) is 6.47. The molecule has 3 heterocycles. The average molecular weight is 519 g/mol. The summed E-state index contributed by atoms with van der Waals surface area (Å²) in [6, 6.07) is 7.75. The van der Waals surface area contributed by atoms with Crippen molar-refractivity contribution >= 4 is 17.8 Å². The number of urea groups is 1. The van der Waals surface area contributed by atoms with Crippen LogP contribution in [0, 0.1) is 0 Å². The van der Waals surface area contributed by atoms with Crippen LogP contribution in [0.1, 0.15) is 62.0 Å². The molecule has 1 atom stereocenters. The van der Waals surface area contributed by atoms with Crippen LogP contribution in [0.25, 0.3) is 0 Å². The lowest BCUT2D eigenvalue weighted by molar-refractivity contribution is -0.156. The Bertz CT molecular complexity index is 1150. The van der Waals surface area contributed by atoms with Crippen molar-refractivity contribution in [3.63, 3.8) is 0 Å². The van der Waals surface area contributed by atoms with E-state index in [0.29, 0.717) is 32.5 Å². The fourth-order valence-corrected chi connectivity index (χ4v) is 4.76. The normalized spacial score (nSPS) is 16.5. The summed E-state index contributed by atoms with van der Waals surface area (Å²) < 4.78 is 45.6. The van der Waals surface area contributed by atoms with Crippen LogP contribution in [0.2, 0.25) is 0 Å². The van der Waals surface area contributed by atoms with Crippen LogP contribution < -0.4 is 5.32 Å². The summed E-state index contributed by atoms with van der Waals surface area (Å²) in [7, 11) is 0. The van der Waals surface area contributed by atoms with Crippen molar-refractivity contribution in [3.8, 4) is 0 Å². The van der Waals surface area contributed by atoms with E-state index in [2.05, 4.69) is 16.4 Å². The first kappa shape index (κ1) is 26.8. The largest absolute Gasteiger partial charge is 0.460 e. The minimum absolute atomic E-state index is 0.232. The first-order valence-corrected chi connectivity index (χ1v) is 12.6. The summed E-state index contributed by atoms with van der Waals surface area (Å²) >= 11 is 0. The van der Waals surface area contributed by atoms with Gasteiger partial charge in [-0.15, -0.1) is 0 Å². The van der Waals surface area contributed by atoms with E-state index in [9.17, 15) is 22.8 Å². The molecule has 0 bridgehead atoms. The second-order valence-electron chi connectivity index (χ2n) is 10.5. The van der Waals surface area contributed by atoms with Gasteiger partial charge in [0.25, 0.3) is 0 Å². The van der Waals surface area contributed by atoms with Crippen molar-refractivity contribution in [3.05, 3.63) is 58.8 Å². The molecule has 1 unspecified atom stereocenters. The van der Waals surface area contributed by atoms with Crippen LogP contribution >= 0.6 is 0 Å². The van der Waals surface area contributed by atoms with Gasteiger partial charge in [-0.3, -0.25) is 4.79 Å². The zero-order chi connectivity index (χ0) is 26.8. The molecule has 1 N–H and O–H groups in total. The van der Waals surface area contributed by atoms with Gasteiger partial charge in [-0.05, 0) is 69.4 Å². The van der Waals surface area contributed by atoms with Crippen LogP contribution in [0.15, 0.2) is 36.4 Å². The standard InChI is InChI=1S/C27H33F3N4O3/c1-26(2,3)37-23(35)17-22(19-6-4-7-20(16-19)27(28,29)30)34-15-14-33(25(34)36)13-5-8-21-10-9-18-11-12-31-24(18)32-21/h4,6-7,9-10,16,22H,5,8,11-15,17H2,1-3H3,(H,31,32). The zero-order valence-corrected chi connectivity index (χ0v) is 21.4. The summed E-state index contributed by atoms with van der Waals surface area (Å²) in [6.45, 7) is 7.28. The minimum atomic E-state index is -4.53. The van der Waals surface area contributed by atoms with Gasteiger partial charge >= 0.3 is 18.2 Å². The van der Waals surface area contributed by atoms with Crippen LogP contribution in [0.4, 0.5) is 23.8 Å². The Morgan fingerprint density at radius 1 is 1.16 bits per heavy atom. The van der Waals surface area contributed by atoms with E-state index < -0.39 is 29.4 Å². The van der Waals surface area contributed by atoms with Crippen molar-refractivity contribution in [2.75, 3.05) is 31.5 Å². The van der Waals surface area contributed by atoms with Gasteiger partial charge in [0.05, 0.1) is 18.0 Å². The highest BCUT2D eigenvalue weighted by Crippen LogP contribution is 2.35. The molecule has 2 amide bonds. The number of carbonyl (C=O) groups excluding carboxylic acids is 2. The minimum Gasteiger partial charge on any atom is -0.460 e. The molecule has 0 radical (unpaired) electrons. The van der Waals surface area contributed by atoms with E-state index in [4.69, 9.17) is 4.74 Å². The number of nitrogens with zero attached hydrogens (tertiary/aromatic N) is 3. The number of carbonyl (C=O) groups is 2. The zero-order valence-electron chi connectivity index (χ0n) is 21.4. The fraction of sp³-hybridized carbons (Fsp3) is 0.519. The molecular weight excluding hydrogens is 485 g/mol. The van der Waals surface area contributed by atoms with E-state index in [-0.39, 0.29) is 18.0 Å². The smallest absolute Gasteiger partial charge is 0.416 e. The highest BCUT2D eigenvalue weighted by Gasteiger charge is 2.38. The first-order valence-electron chi connectivity index (χ1n) is 12.6. The second-order valence-corrected chi connectivity index (χ2v) is 10.5. The third kappa shape index (κ3) is 6.72. The number of hydrogen-bond donors (Lipinski definition) is 1. The molecule has 4 rings (SSSR count). The van der Waals surface area contributed by atoms with Crippen molar-refractivity contribution in [2.45, 2.75) is 64.3 Å². The Labute approximate surface area is 215 Å². The maximum Gasteiger partial charge on any atom is 0.416 e. The highest BCUT2D eigenvalue weighted by atomic mass is 19.4. The Morgan fingerprint density at radius 3 is 2.68 bits per heavy atom. The van der Waals surface area contributed by atoms with Crippen molar-refractivity contribution in [1.82, 2.24) is 14.8 Å². The third-order valence-corrected chi connectivity index (χ3v) is 6.47. The lowest BCUT2D eigenvalue weighted by Crippen LogP contribution is -2.37. The molecule has 2 aromatic rings. The number of aryl methyl sites for hydroxylation is 1. The molecule has 10 heteroatoms. The number of benzene rings is 1. The fourth-order valence-electron chi connectivity index (χ4n) is 4.76. The van der Waals surface area contributed by atoms with Gasteiger partial charge in [0, 0.05) is 31.9 Å². The Kier molecular flexibility index (Phi) is 7.66. The van der Waals surface area contributed by atoms with E-state index in [0.717, 1.165) is 36.6 Å². The number of amides is 2. The van der Waals surface area contributed by atoms with Gasteiger partial charge in [0.15, 0.2) is 0 Å². The number of hydrogen-bond acceptors (Lipinski definition) is 5. The molecule has 200 valence electrons. The van der Waals surface area contributed by atoms with Crippen LogP contribution in [-0.2, 0) is 28.5 Å². The second kappa shape index (κ2) is 10.6. The Balaban J connectivity index is 1.45. The summed E-state index contributed by atoms with van der Waals surface area (Å²) in [5.41, 5.74) is 0.838. The molecule has 2 aliphatic rings. The Hall–Kier alpha value is -3.30. The number of pyridine rings is 1. The molecular formula is C27H33F3N4O3. The van der Waals surface area contributed by atoms with E-state index in [1.807, 2.05) is 6.07 Å². The number of nitrogens with one attached hydrogen (secondary N) is 1. The van der Waals surface area contributed by atoms with Gasteiger partial charge in [0.2, 0.25) is 0 Å². The molecule has 0 aliphatic carbocycles. The molecule has 0 spiro atoms. The number of esters is 1. The topological polar surface area (TPSA) is 74.8 Å². The Morgan fingerprint density at radius 2 is 1.95 bits per heavy atom. The first-order chi connectivity index (χ1) is 17.4. The maximum atomic E-state index is 13.4. The number of halogens is 3. The molecule has 0 saturated carbocycles. The monoisotopic (exact) mass is 518 g/mol. The highest BCUT2D eigenvalue weighted by molar-refractivity contribution is 5.79. The van der Waals surface area contributed by atoms with Crippen LogP contribution in [0.3, 0.4) is 0 Å². The van der Waals surface area contributed by atoms with E-state index in [1.54, 1.807) is 25.7 Å². The van der Waals surface area contributed by atoms with Gasteiger partial charge in [-0.2, -0.15) is 13.2 Å². The molecule has 1 saturated heterocycles. The van der Waals surface area contributed by atoms with Crippen molar-refractivity contribution < 1.29 is 27.5 Å². The predicted octanol–water partition coefficient (Wildman–Crippen LogP) is 5.21. The van der Waals surface area contributed by atoms with Crippen LogP contribution in [-0.4, -0.2) is 58.6 Å². The van der Waals surface area contributed by atoms with Gasteiger partial charge < -0.3 is 19.9 Å². The van der Waals surface area contributed by atoms with Crippen molar-refractivity contribution in [1.29, 1.82) is 0 Å². The SMILES string of the molecule is CC(C)(C)OC(=O)CC(c1cccc(C(F)(F)F)c1)N1CCN(CCCc2ccc3c(n2)NCC3)C1=O. The molecule has 7 nitrogen and oxygen atoms in total. The van der Waals surface area contributed by atoms with Gasteiger partial charge in [0.1, 0.15) is 11.4 Å². The lowest BCUT2D eigenvalue weighted by Gasteiger charge is -2.29. The molecule has 1 fully saturated rings. The van der Waals surface area contributed by atoms with Gasteiger partial charge in [-0.1, -0.05) is 18.2 Å². The summed E-state index contributed by atoms with van der Waals surface area (Å²) in [5.74, 6) is 0.351. The summed E-state index contributed by atoms with van der Waals surface area (Å²) in [5, 5.41) is 3.27. The summed E-state index contributed by atoms with van der Waals surface area (Å²) in [6.07, 6.45) is -2.39. The number of fused-ring (bicyclic) bond motifs is 1. The summed E-state index contributed by atoms with van der Waals surface area (Å²) in [4.78, 5) is 33.8.